The van der Waals surface area contributed by atoms with Gasteiger partial charge in [0.1, 0.15) is 25.2 Å². The van der Waals surface area contributed by atoms with E-state index in [1.807, 2.05) is 36.4 Å². The van der Waals surface area contributed by atoms with Gasteiger partial charge in [0.25, 0.3) is 0 Å². The summed E-state index contributed by atoms with van der Waals surface area (Å²) in [5, 5.41) is 21.5. The van der Waals surface area contributed by atoms with E-state index in [1.54, 1.807) is 0 Å². The van der Waals surface area contributed by atoms with Crippen LogP contribution in [0.4, 0.5) is 4.79 Å². The summed E-state index contributed by atoms with van der Waals surface area (Å²) in [6.45, 7) is -0.649. The van der Waals surface area contributed by atoms with Crippen molar-refractivity contribution < 1.29 is 38.9 Å². The fourth-order valence-corrected chi connectivity index (χ4v) is 4.51. The summed E-state index contributed by atoms with van der Waals surface area (Å²) < 4.78 is 5.39. The number of nitrogens with two attached hydrogens (primary N) is 1. The number of nitrogens with one attached hydrogen (secondary N) is 2. The van der Waals surface area contributed by atoms with Crippen LogP contribution in [0.1, 0.15) is 29.5 Å². The summed E-state index contributed by atoms with van der Waals surface area (Å²) in [7, 11) is 0. The number of amides is 2. The van der Waals surface area contributed by atoms with E-state index in [1.165, 1.54) is 5.56 Å². The number of thioether (sulfide) groups is 1. The molecular weight excluding hydrogens is 502 g/mol. The van der Waals surface area contributed by atoms with Gasteiger partial charge in [-0.05, 0) is 52.4 Å². The normalized spacial score (nSPS) is 13.0. The number of carbonyl (C=O) groups is 5. The third-order valence-electron chi connectivity index (χ3n) is 5.73. The van der Waals surface area contributed by atoms with Crippen molar-refractivity contribution in [3.8, 4) is 11.1 Å². The average molecular weight is 530 g/mol. The molecule has 0 bridgehead atoms. The zero-order valence-corrected chi connectivity index (χ0v) is 20.6. The molecule has 3 rings (SSSR count). The first-order valence-corrected chi connectivity index (χ1v) is 12.4. The highest BCUT2D eigenvalue weighted by molar-refractivity contribution is 8.13. The van der Waals surface area contributed by atoms with Crippen molar-refractivity contribution in [1.29, 1.82) is 0 Å². The zero-order chi connectivity index (χ0) is 26.9. The molecule has 12 heteroatoms. The van der Waals surface area contributed by atoms with Crippen molar-refractivity contribution in [3.05, 3.63) is 59.2 Å². The number of rotatable bonds is 12. The Kier molecular flexibility index (Phi) is 9.64. The van der Waals surface area contributed by atoms with Crippen LogP contribution in [-0.4, -0.2) is 63.6 Å². The molecule has 0 aliphatic heterocycles. The first-order chi connectivity index (χ1) is 17.7. The minimum absolute atomic E-state index is 0.0261. The van der Waals surface area contributed by atoms with Crippen LogP contribution in [0.2, 0.25) is 0 Å². The molecule has 11 nitrogen and oxygen atoms in total. The maximum atomic E-state index is 12.4. The van der Waals surface area contributed by atoms with E-state index in [4.69, 9.17) is 20.7 Å². The number of carboxylic acids is 2. The molecular formula is C25H27N3O8S. The maximum absolute atomic E-state index is 12.4. The van der Waals surface area contributed by atoms with Gasteiger partial charge in [0.2, 0.25) is 11.8 Å². The quantitative estimate of drug-likeness (QED) is 0.215. The average Bonchev–Trinajstić information content (AvgIpc) is 3.26. The molecule has 196 valence electrons. The van der Waals surface area contributed by atoms with Crippen LogP contribution in [0.3, 0.4) is 0 Å². The number of carboxylic acid groups (broad SMARTS) is 2. The Balaban J connectivity index is 1.56. The third-order valence-corrected chi connectivity index (χ3v) is 6.58. The predicted molar refractivity (Wildman–Crippen MR) is 135 cm³/mol. The second-order valence-corrected chi connectivity index (χ2v) is 9.30. The Morgan fingerprint density at radius 2 is 1.76 bits per heavy atom. The molecule has 37 heavy (non-hydrogen) atoms. The summed E-state index contributed by atoms with van der Waals surface area (Å²) >= 11 is 0.655. The van der Waals surface area contributed by atoms with Gasteiger partial charge in [-0.3, -0.25) is 19.2 Å². The number of benzene rings is 2. The summed E-state index contributed by atoms with van der Waals surface area (Å²) in [6.07, 6.45) is 0.299. The highest BCUT2D eigenvalue weighted by Gasteiger charge is 2.25. The van der Waals surface area contributed by atoms with E-state index < -0.39 is 47.7 Å². The fourth-order valence-electron chi connectivity index (χ4n) is 3.83. The van der Waals surface area contributed by atoms with Crippen molar-refractivity contribution in [2.24, 2.45) is 5.73 Å². The van der Waals surface area contributed by atoms with E-state index in [0.29, 0.717) is 11.8 Å². The maximum Gasteiger partial charge on any atom is 0.367 e. The van der Waals surface area contributed by atoms with Crippen LogP contribution in [-0.2, 0) is 36.9 Å². The lowest BCUT2D eigenvalue weighted by atomic mass is 10.0. The SMILES string of the molecule is N[C@@H](CCC(=O)N[C@@H](CSC(=O)OCc1cccc2c1Cc1ccccc1-2)C(=O)NCC(=O)O)C(=O)O. The van der Waals surface area contributed by atoms with Crippen LogP contribution in [0.5, 0.6) is 0 Å². The summed E-state index contributed by atoms with van der Waals surface area (Å²) in [5.41, 5.74) is 10.8. The predicted octanol–water partition coefficient (Wildman–Crippen LogP) is 1.51. The Labute approximate surface area is 216 Å². The first kappa shape index (κ1) is 27.7. The van der Waals surface area contributed by atoms with Crippen molar-refractivity contribution in [2.75, 3.05) is 12.3 Å². The monoisotopic (exact) mass is 529 g/mol. The Morgan fingerprint density at radius 3 is 2.49 bits per heavy atom. The lowest BCUT2D eigenvalue weighted by Crippen LogP contribution is -2.49. The van der Waals surface area contributed by atoms with Gasteiger partial charge < -0.3 is 31.3 Å². The van der Waals surface area contributed by atoms with Gasteiger partial charge in [-0.1, -0.05) is 42.5 Å². The number of hydrogen-bond donors (Lipinski definition) is 5. The van der Waals surface area contributed by atoms with Crippen LogP contribution in [0.15, 0.2) is 42.5 Å². The topological polar surface area (TPSA) is 185 Å². The highest BCUT2D eigenvalue weighted by Crippen LogP contribution is 2.38. The van der Waals surface area contributed by atoms with E-state index in [2.05, 4.69) is 16.7 Å². The van der Waals surface area contributed by atoms with Crippen molar-refractivity contribution >= 4 is 40.8 Å². The molecule has 0 unspecified atom stereocenters. The molecule has 1 aliphatic carbocycles. The smallest absolute Gasteiger partial charge is 0.367 e. The molecule has 2 aromatic carbocycles. The van der Waals surface area contributed by atoms with Gasteiger partial charge in [-0.15, -0.1) is 0 Å². The van der Waals surface area contributed by atoms with Gasteiger partial charge in [0.15, 0.2) is 0 Å². The summed E-state index contributed by atoms with van der Waals surface area (Å²) in [6, 6.07) is 11.4. The molecule has 2 aromatic rings. The van der Waals surface area contributed by atoms with Crippen LogP contribution < -0.4 is 16.4 Å². The largest absolute Gasteiger partial charge is 0.480 e. The summed E-state index contributed by atoms with van der Waals surface area (Å²) in [5.74, 6) is -4.25. The lowest BCUT2D eigenvalue weighted by molar-refractivity contribution is -0.139. The van der Waals surface area contributed by atoms with Gasteiger partial charge in [0.05, 0.1) is 0 Å². The van der Waals surface area contributed by atoms with E-state index in [9.17, 15) is 24.0 Å². The van der Waals surface area contributed by atoms with Gasteiger partial charge >= 0.3 is 17.2 Å². The third kappa shape index (κ3) is 7.79. The molecule has 0 saturated heterocycles. The standard InChI is InChI=1S/C25H27N3O8S/c26-19(24(33)34)8-9-21(29)28-20(23(32)27-11-22(30)31)13-37-25(35)36-12-15-5-3-7-17-16-6-2-1-4-14(16)10-18(15)17/h1-7,19-20H,8-13,26H2,(H,27,32)(H,28,29)(H,30,31)(H,33,34)/t19-,20-/m0/s1. The van der Waals surface area contributed by atoms with Crippen LogP contribution >= 0.6 is 11.8 Å². The highest BCUT2D eigenvalue weighted by atomic mass is 32.2. The first-order valence-electron chi connectivity index (χ1n) is 11.4. The number of carbonyl (C=O) groups excluding carboxylic acids is 3. The minimum atomic E-state index is -1.28. The molecule has 2 atom stereocenters. The Morgan fingerprint density at radius 1 is 1.03 bits per heavy atom. The molecule has 0 radical (unpaired) electrons. The number of hydrogen-bond acceptors (Lipinski definition) is 8. The molecule has 1 aliphatic rings. The van der Waals surface area contributed by atoms with Crippen LogP contribution in [0, 0.1) is 0 Å². The molecule has 0 spiro atoms. The van der Waals surface area contributed by atoms with Crippen molar-refractivity contribution in [2.45, 2.75) is 38.0 Å². The fraction of sp³-hybridized carbons (Fsp3) is 0.320. The Hall–Kier alpha value is -3.90. The molecule has 6 N–H and O–H groups in total. The molecule has 0 heterocycles. The van der Waals surface area contributed by atoms with Gasteiger partial charge in [0, 0.05) is 12.2 Å². The molecule has 0 fully saturated rings. The zero-order valence-electron chi connectivity index (χ0n) is 19.8. The molecule has 0 saturated carbocycles. The van der Waals surface area contributed by atoms with Gasteiger partial charge in [-0.25, -0.2) is 4.79 Å². The second-order valence-electron chi connectivity index (χ2n) is 8.34. The van der Waals surface area contributed by atoms with E-state index >= 15 is 0 Å². The van der Waals surface area contributed by atoms with Crippen LogP contribution in [0.25, 0.3) is 11.1 Å². The summed E-state index contributed by atoms with van der Waals surface area (Å²) in [4.78, 5) is 58.6. The molecule has 2 amide bonds. The second kappa shape index (κ2) is 12.9. The number of ether oxygens (including phenoxy) is 1. The molecule has 0 aromatic heterocycles. The van der Waals surface area contributed by atoms with Crippen molar-refractivity contribution in [1.82, 2.24) is 10.6 Å². The van der Waals surface area contributed by atoms with Gasteiger partial charge in [-0.2, -0.15) is 0 Å². The van der Waals surface area contributed by atoms with E-state index in [-0.39, 0.29) is 25.2 Å². The van der Waals surface area contributed by atoms with E-state index in [0.717, 1.165) is 28.7 Å². The van der Waals surface area contributed by atoms with Crippen molar-refractivity contribution in [3.63, 3.8) is 0 Å². The number of aliphatic carboxylic acids is 2. The minimum Gasteiger partial charge on any atom is -0.480 e. The Bertz CT molecular complexity index is 1200. The lowest BCUT2D eigenvalue weighted by Gasteiger charge is -2.18. The number of fused-ring (bicyclic) bond motifs is 3.